The topological polar surface area (TPSA) is 49.4 Å². The number of hydrogen-bond acceptors (Lipinski definition) is 6. The molecule has 154 valence electrons. The van der Waals surface area contributed by atoms with E-state index in [0.29, 0.717) is 9.62 Å². The van der Waals surface area contributed by atoms with Crippen molar-refractivity contribution in [2.24, 2.45) is 5.41 Å². The monoisotopic (exact) mass is 438 g/mol. The molecule has 1 aromatic carbocycles. The van der Waals surface area contributed by atoms with Crippen molar-refractivity contribution in [2.45, 2.75) is 61.1 Å². The molecule has 1 fully saturated rings. The fraction of sp³-hybridized carbons (Fsp3) is 0.524. The van der Waals surface area contributed by atoms with Gasteiger partial charge in [-0.1, -0.05) is 26.0 Å². The van der Waals surface area contributed by atoms with Crippen molar-refractivity contribution in [3.8, 4) is 0 Å². The van der Waals surface area contributed by atoms with E-state index in [4.69, 9.17) is 0 Å². The molecule has 0 spiro atoms. The van der Waals surface area contributed by atoms with Crippen molar-refractivity contribution in [1.82, 2.24) is 0 Å². The Kier molecular flexibility index (Phi) is 6.37. The van der Waals surface area contributed by atoms with Gasteiger partial charge in [0.2, 0.25) is 0 Å². The second kappa shape index (κ2) is 8.28. The Morgan fingerprint density at radius 2 is 1.82 bits per heavy atom. The Hall–Kier alpha value is -1.18. The molecule has 2 aromatic rings. The number of hydrogen-bond donors (Lipinski definition) is 1. The number of thiophene rings is 1. The van der Waals surface area contributed by atoms with Crippen LogP contribution in [0.15, 0.2) is 38.8 Å². The predicted molar refractivity (Wildman–Crippen MR) is 123 cm³/mol. The van der Waals surface area contributed by atoms with Crippen molar-refractivity contribution < 1.29 is 8.42 Å². The summed E-state index contributed by atoms with van der Waals surface area (Å²) in [4.78, 5) is 2.48. The molecule has 28 heavy (non-hydrogen) atoms. The van der Waals surface area contributed by atoms with Gasteiger partial charge < -0.3 is 9.62 Å². The van der Waals surface area contributed by atoms with E-state index >= 15 is 0 Å². The first kappa shape index (κ1) is 21.5. The Labute approximate surface area is 177 Å². The number of nitrogens with one attached hydrogen (secondary N) is 1. The molecule has 0 unspecified atom stereocenters. The summed E-state index contributed by atoms with van der Waals surface area (Å²) in [5, 5.41) is -0.399. The van der Waals surface area contributed by atoms with Gasteiger partial charge in [-0.25, -0.2) is 8.42 Å². The van der Waals surface area contributed by atoms with Crippen LogP contribution in [0.25, 0.3) is 0 Å². The first-order valence-corrected chi connectivity index (χ1v) is 12.9. The fourth-order valence-corrected chi connectivity index (χ4v) is 7.08. The molecule has 7 heteroatoms. The zero-order valence-electron chi connectivity index (χ0n) is 17.3. The van der Waals surface area contributed by atoms with Gasteiger partial charge in [0.1, 0.15) is 4.21 Å². The molecular weight excluding hydrogens is 408 g/mol. The Morgan fingerprint density at radius 3 is 2.46 bits per heavy atom. The predicted octanol–water partition coefficient (Wildman–Crippen LogP) is 5.98. The Morgan fingerprint density at radius 1 is 1.14 bits per heavy atom. The molecule has 0 bridgehead atoms. The molecule has 1 N–H and O–H groups in total. The lowest BCUT2D eigenvalue weighted by atomic mass is 9.82. The number of benzene rings is 1. The van der Waals surface area contributed by atoms with Crippen LogP contribution >= 0.6 is 23.3 Å². The summed E-state index contributed by atoms with van der Waals surface area (Å²) in [6, 6.07) is 9.93. The summed E-state index contributed by atoms with van der Waals surface area (Å²) in [5.74, 6) is 0. The smallest absolute Gasteiger partial charge is 0.190 e. The van der Waals surface area contributed by atoms with Crippen molar-refractivity contribution in [3.63, 3.8) is 0 Å². The minimum Gasteiger partial charge on any atom is -0.370 e. The maximum atomic E-state index is 12.4. The summed E-state index contributed by atoms with van der Waals surface area (Å²) < 4.78 is 29.6. The van der Waals surface area contributed by atoms with Crippen LogP contribution in [-0.2, 0) is 9.84 Å². The quantitative estimate of drug-likeness (QED) is 0.562. The van der Waals surface area contributed by atoms with E-state index in [2.05, 4.69) is 48.6 Å². The van der Waals surface area contributed by atoms with Crippen LogP contribution in [0, 0.1) is 12.3 Å². The molecule has 0 radical (unpaired) electrons. The van der Waals surface area contributed by atoms with Gasteiger partial charge in [-0.05, 0) is 74.7 Å². The van der Waals surface area contributed by atoms with Crippen molar-refractivity contribution >= 4 is 44.5 Å². The van der Waals surface area contributed by atoms with E-state index in [0.717, 1.165) is 23.0 Å². The van der Waals surface area contributed by atoms with Gasteiger partial charge in [-0.2, -0.15) is 0 Å². The summed E-state index contributed by atoms with van der Waals surface area (Å²) in [6.07, 6.45) is 2.38. The third-order valence-electron chi connectivity index (χ3n) is 5.39. The molecular formula is C21H30N2O2S3. The maximum absolute atomic E-state index is 12.4. The summed E-state index contributed by atoms with van der Waals surface area (Å²) in [6.45, 7) is 12.4. The van der Waals surface area contributed by atoms with Gasteiger partial charge >= 0.3 is 0 Å². The van der Waals surface area contributed by atoms with Crippen molar-refractivity contribution in [2.75, 3.05) is 22.7 Å². The van der Waals surface area contributed by atoms with E-state index in [9.17, 15) is 8.42 Å². The second-order valence-electron chi connectivity index (χ2n) is 8.49. The van der Waals surface area contributed by atoms with Gasteiger partial charge in [0, 0.05) is 13.1 Å². The SMILES string of the molecule is Cc1cccc(NSc2ccc(S(=O)(=O)C(C)C)s2)c1N1CCC(C)(C)CC1. The largest absolute Gasteiger partial charge is 0.370 e. The standard InChI is InChI=1S/C21H30N2O2S3/c1-15(2)28(24,25)19-10-9-18(26-19)27-22-17-8-6-7-16(3)20(17)23-13-11-21(4,5)12-14-23/h6-10,15,22H,11-14H2,1-5H3. The summed E-state index contributed by atoms with van der Waals surface area (Å²) >= 11 is 2.82. The number of rotatable bonds is 6. The van der Waals surface area contributed by atoms with Crippen LogP contribution in [0.5, 0.6) is 0 Å². The van der Waals surface area contributed by atoms with Gasteiger partial charge in [0.15, 0.2) is 9.84 Å². The molecule has 1 saturated heterocycles. The average molecular weight is 439 g/mol. The van der Waals surface area contributed by atoms with Gasteiger partial charge in [-0.3, -0.25) is 0 Å². The van der Waals surface area contributed by atoms with Gasteiger partial charge in [0.25, 0.3) is 0 Å². The van der Waals surface area contributed by atoms with Crippen LogP contribution in [0.3, 0.4) is 0 Å². The lowest BCUT2D eigenvalue weighted by Gasteiger charge is -2.39. The van der Waals surface area contributed by atoms with Crippen LogP contribution in [0.2, 0.25) is 0 Å². The number of para-hydroxylation sites is 1. The molecule has 4 nitrogen and oxygen atoms in total. The van der Waals surface area contributed by atoms with E-state index in [1.54, 1.807) is 19.9 Å². The first-order valence-electron chi connectivity index (χ1n) is 9.71. The van der Waals surface area contributed by atoms with E-state index < -0.39 is 15.1 Å². The molecule has 3 rings (SSSR count). The highest BCUT2D eigenvalue weighted by atomic mass is 32.2. The number of sulfone groups is 1. The van der Waals surface area contributed by atoms with Crippen molar-refractivity contribution in [1.29, 1.82) is 0 Å². The second-order valence-corrected chi connectivity index (χ2v) is 13.4. The molecule has 0 aliphatic carbocycles. The van der Waals surface area contributed by atoms with E-state index in [1.807, 2.05) is 6.07 Å². The van der Waals surface area contributed by atoms with Gasteiger partial charge in [-0.15, -0.1) is 11.3 Å². The maximum Gasteiger partial charge on any atom is 0.190 e. The van der Waals surface area contributed by atoms with Gasteiger partial charge in [0.05, 0.1) is 20.8 Å². The highest BCUT2D eigenvalue weighted by Gasteiger charge is 2.27. The average Bonchev–Trinajstić information content (AvgIpc) is 3.10. The molecule has 0 atom stereocenters. The highest BCUT2D eigenvalue weighted by Crippen LogP contribution is 2.39. The summed E-state index contributed by atoms with van der Waals surface area (Å²) in [5.41, 5.74) is 4.03. The zero-order valence-corrected chi connectivity index (χ0v) is 19.7. The number of nitrogens with zero attached hydrogens (tertiary/aromatic N) is 1. The van der Waals surface area contributed by atoms with Crippen LogP contribution in [0.1, 0.15) is 46.1 Å². The van der Waals surface area contributed by atoms with Crippen molar-refractivity contribution in [3.05, 3.63) is 35.9 Å². The highest BCUT2D eigenvalue weighted by molar-refractivity contribution is 8.02. The number of piperidine rings is 1. The van der Waals surface area contributed by atoms with Crippen LogP contribution < -0.4 is 9.62 Å². The van der Waals surface area contributed by atoms with E-state index in [-0.39, 0.29) is 0 Å². The third-order valence-corrected chi connectivity index (χ3v) is 10.1. The molecule has 0 amide bonds. The minimum absolute atomic E-state index is 0.399. The normalized spacial score (nSPS) is 17.1. The molecule has 0 saturated carbocycles. The molecule has 2 heterocycles. The molecule has 1 aliphatic rings. The minimum atomic E-state index is -3.21. The number of anilines is 2. The first-order chi connectivity index (χ1) is 13.1. The van der Waals surface area contributed by atoms with E-state index in [1.165, 1.54) is 47.4 Å². The molecule has 1 aliphatic heterocycles. The third kappa shape index (κ3) is 4.69. The summed E-state index contributed by atoms with van der Waals surface area (Å²) in [7, 11) is -3.21. The fourth-order valence-electron chi connectivity index (χ4n) is 3.35. The number of aryl methyl sites for hydroxylation is 1. The molecule has 1 aromatic heterocycles. The zero-order chi connectivity index (χ0) is 20.5. The van der Waals surface area contributed by atoms with Crippen LogP contribution in [0.4, 0.5) is 11.4 Å². The lowest BCUT2D eigenvalue weighted by Crippen LogP contribution is -2.37. The lowest BCUT2D eigenvalue weighted by molar-refractivity contribution is 0.280. The Balaban J connectivity index is 1.76. The Bertz CT molecular complexity index is 923. The van der Waals surface area contributed by atoms with Crippen LogP contribution in [-0.4, -0.2) is 26.8 Å².